The fourth-order valence-corrected chi connectivity index (χ4v) is 1.58. The Morgan fingerprint density at radius 3 is 2.71 bits per heavy atom. The second kappa shape index (κ2) is 5.53. The van der Waals surface area contributed by atoms with Gasteiger partial charge in [-0.15, -0.1) is 12.4 Å². The molecule has 2 fully saturated rings. The standard InChI is InChI=1S/C9H16N2O2.ClH/c12-9(11-7-2-1-3-7)8-6-10-4-5-13-8;/h7-8,10H,1-6H2,(H,11,12);1H/t8-;/m0./s1. The van der Waals surface area contributed by atoms with Gasteiger partial charge in [0.25, 0.3) is 5.91 Å². The SMILES string of the molecule is Cl.O=C(NC1CCC1)[C@@H]1CNCCO1. The Morgan fingerprint density at radius 1 is 1.43 bits per heavy atom. The summed E-state index contributed by atoms with van der Waals surface area (Å²) < 4.78 is 5.33. The van der Waals surface area contributed by atoms with E-state index in [9.17, 15) is 4.79 Å². The van der Waals surface area contributed by atoms with Crippen LogP contribution in [0.15, 0.2) is 0 Å². The van der Waals surface area contributed by atoms with Gasteiger partial charge >= 0.3 is 0 Å². The lowest BCUT2D eigenvalue weighted by molar-refractivity contribution is -0.135. The molecule has 0 aromatic rings. The van der Waals surface area contributed by atoms with Gasteiger partial charge in [-0.2, -0.15) is 0 Å². The lowest BCUT2D eigenvalue weighted by atomic mass is 9.93. The van der Waals surface area contributed by atoms with Crippen molar-refractivity contribution in [3.05, 3.63) is 0 Å². The number of carbonyl (C=O) groups excluding carboxylic acids is 1. The molecule has 2 aliphatic rings. The van der Waals surface area contributed by atoms with Crippen molar-refractivity contribution in [1.82, 2.24) is 10.6 Å². The molecule has 4 nitrogen and oxygen atoms in total. The van der Waals surface area contributed by atoms with Crippen molar-refractivity contribution < 1.29 is 9.53 Å². The fourth-order valence-electron chi connectivity index (χ4n) is 1.58. The van der Waals surface area contributed by atoms with Gasteiger partial charge in [-0.3, -0.25) is 4.79 Å². The van der Waals surface area contributed by atoms with Crippen molar-refractivity contribution in [3.8, 4) is 0 Å². The summed E-state index contributed by atoms with van der Waals surface area (Å²) >= 11 is 0. The van der Waals surface area contributed by atoms with Crippen molar-refractivity contribution in [2.24, 2.45) is 0 Å². The second-order valence-electron chi connectivity index (χ2n) is 3.70. The van der Waals surface area contributed by atoms with Crippen molar-refractivity contribution >= 4 is 18.3 Å². The van der Waals surface area contributed by atoms with Gasteiger partial charge in [-0.25, -0.2) is 0 Å². The highest BCUT2D eigenvalue weighted by Crippen LogP contribution is 2.18. The van der Waals surface area contributed by atoms with Crippen LogP contribution in [0.25, 0.3) is 0 Å². The largest absolute Gasteiger partial charge is 0.366 e. The van der Waals surface area contributed by atoms with Crippen LogP contribution in [0.1, 0.15) is 19.3 Å². The Bertz CT molecular complexity index is 191. The Morgan fingerprint density at radius 2 is 2.21 bits per heavy atom. The van der Waals surface area contributed by atoms with E-state index >= 15 is 0 Å². The molecule has 0 spiro atoms. The summed E-state index contributed by atoms with van der Waals surface area (Å²) in [5.41, 5.74) is 0. The zero-order valence-electron chi connectivity index (χ0n) is 8.12. The van der Waals surface area contributed by atoms with Crippen molar-refractivity contribution in [3.63, 3.8) is 0 Å². The predicted octanol–water partition coefficient (Wildman–Crippen LogP) is 0.0653. The molecule has 1 saturated carbocycles. The van der Waals surface area contributed by atoms with E-state index in [1.807, 2.05) is 0 Å². The highest BCUT2D eigenvalue weighted by Gasteiger charge is 2.26. The molecule has 0 radical (unpaired) electrons. The van der Waals surface area contributed by atoms with E-state index in [2.05, 4.69) is 10.6 Å². The summed E-state index contributed by atoms with van der Waals surface area (Å²) in [7, 11) is 0. The minimum Gasteiger partial charge on any atom is -0.366 e. The summed E-state index contributed by atoms with van der Waals surface area (Å²) in [5.74, 6) is 0.0527. The molecular formula is C9H17ClN2O2. The minimum atomic E-state index is -0.269. The van der Waals surface area contributed by atoms with Crippen molar-refractivity contribution in [2.75, 3.05) is 19.7 Å². The molecule has 0 aromatic carbocycles. The maximum Gasteiger partial charge on any atom is 0.250 e. The van der Waals surface area contributed by atoms with E-state index in [1.165, 1.54) is 6.42 Å². The van der Waals surface area contributed by atoms with Gasteiger partial charge in [0.1, 0.15) is 6.10 Å². The first-order chi connectivity index (χ1) is 6.36. The van der Waals surface area contributed by atoms with E-state index in [4.69, 9.17) is 4.74 Å². The Balaban J connectivity index is 0.000000980. The van der Waals surface area contributed by atoms with Crippen molar-refractivity contribution in [2.45, 2.75) is 31.4 Å². The third kappa shape index (κ3) is 2.83. The van der Waals surface area contributed by atoms with E-state index in [0.29, 0.717) is 19.2 Å². The van der Waals surface area contributed by atoms with Crippen LogP contribution in [-0.4, -0.2) is 37.7 Å². The molecule has 14 heavy (non-hydrogen) atoms. The first-order valence-corrected chi connectivity index (χ1v) is 4.99. The Hall–Kier alpha value is -0.320. The van der Waals surface area contributed by atoms with Crippen LogP contribution in [-0.2, 0) is 9.53 Å². The van der Waals surface area contributed by atoms with Crippen LogP contribution in [0.2, 0.25) is 0 Å². The fraction of sp³-hybridized carbons (Fsp3) is 0.889. The first-order valence-electron chi connectivity index (χ1n) is 4.99. The number of amides is 1. The number of nitrogens with one attached hydrogen (secondary N) is 2. The molecule has 5 heteroatoms. The molecule has 0 aromatic heterocycles. The number of ether oxygens (including phenoxy) is 1. The van der Waals surface area contributed by atoms with Crippen LogP contribution < -0.4 is 10.6 Å². The smallest absolute Gasteiger partial charge is 0.250 e. The Labute approximate surface area is 90.2 Å². The lowest BCUT2D eigenvalue weighted by Crippen LogP contribution is -2.51. The van der Waals surface area contributed by atoms with Gasteiger partial charge in [0.15, 0.2) is 0 Å². The highest BCUT2D eigenvalue weighted by atomic mass is 35.5. The van der Waals surface area contributed by atoms with Gasteiger partial charge in [0, 0.05) is 19.1 Å². The van der Waals surface area contributed by atoms with Crippen LogP contribution in [0.4, 0.5) is 0 Å². The average molecular weight is 221 g/mol. The molecule has 1 saturated heterocycles. The summed E-state index contributed by atoms with van der Waals surface area (Å²) in [6.07, 6.45) is 3.24. The second-order valence-corrected chi connectivity index (χ2v) is 3.70. The van der Waals surface area contributed by atoms with Crippen molar-refractivity contribution in [1.29, 1.82) is 0 Å². The average Bonchev–Trinajstić information content (AvgIpc) is 2.12. The monoisotopic (exact) mass is 220 g/mol. The van der Waals surface area contributed by atoms with Gasteiger partial charge in [0.05, 0.1) is 6.61 Å². The maximum absolute atomic E-state index is 11.5. The molecule has 2 rings (SSSR count). The number of halogens is 1. The molecule has 0 unspecified atom stereocenters. The van der Waals surface area contributed by atoms with E-state index < -0.39 is 0 Å². The van der Waals surface area contributed by atoms with Gasteiger partial charge in [-0.1, -0.05) is 0 Å². The minimum absolute atomic E-state index is 0. The molecule has 82 valence electrons. The molecule has 1 aliphatic carbocycles. The number of hydrogen-bond acceptors (Lipinski definition) is 3. The number of carbonyl (C=O) groups is 1. The third-order valence-corrected chi connectivity index (χ3v) is 2.67. The van der Waals surface area contributed by atoms with Crippen LogP contribution >= 0.6 is 12.4 Å². The van der Waals surface area contributed by atoms with Gasteiger partial charge in [0.2, 0.25) is 0 Å². The highest BCUT2D eigenvalue weighted by molar-refractivity contribution is 5.85. The first kappa shape index (κ1) is 11.8. The third-order valence-electron chi connectivity index (χ3n) is 2.67. The van der Waals surface area contributed by atoms with E-state index in [1.54, 1.807) is 0 Å². The maximum atomic E-state index is 11.5. The molecular weight excluding hydrogens is 204 g/mol. The zero-order valence-corrected chi connectivity index (χ0v) is 8.94. The zero-order chi connectivity index (χ0) is 9.10. The molecule has 1 heterocycles. The van der Waals surface area contributed by atoms with E-state index in [-0.39, 0.29) is 24.4 Å². The number of rotatable bonds is 2. The number of hydrogen-bond donors (Lipinski definition) is 2. The van der Waals surface area contributed by atoms with Gasteiger partial charge in [-0.05, 0) is 19.3 Å². The van der Waals surface area contributed by atoms with Crippen LogP contribution in [0.3, 0.4) is 0 Å². The van der Waals surface area contributed by atoms with Crippen LogP contribution in [0.5, 0.6) is 0 Å². The topological polar surface area (TPSA) is 50.4 Å². The molecule has 1 aliphatic heterocycles. The predicted molar refractivity (Wildman–Crippen MR) is 55.6 cm³/mol. The molecule has 2 N–H and O–H groups in total. The number of morpholine rings is 1. The molecule has 0 bridgehead atoms. The summed E-state index contributed by atoms with van der Waals surface area (Å²) in [4.78, 5) is 11.5. The summed E-state index contributed by atoms with van der Waals surface area (Å²) in [6, 6.07) is 0.415. The molecule has 1 amide bonds. The lowest BCUT2D eigenvalue weighted by Gasteiger charge is -2.30. The van der Waals surface area contributed by atoms with Gasteiger partial charge < -0.3 is 15.4 Å². The Kier molecular flexibility index (Phi) is 4.65. The van der Waals surface area contributed by atoms with E-state index in [0.717, 1.165) is 19.4 Å². The summed E-state index contributed by atoms with van der Waals surface area (Å²) in [5, 5.41) is 6.12. The summed E-state index contributed by atoms with van der Waals surface area (Å²) in [6.45, 7) is 2.15. The molecule has 1 atom stereocenters. The van der Waals surface area contributed by atoms with Crippen LogP contribution in [0, 0.1) is 0 Å². The normalized spacial score (nSPS) is 27.3. The quantitative estimate of drug-likeness (QED) is 0.693.